The fraction of sp³-hybridized carbons (Fsp3) is 0.322. The molecule has 2 bridgehead atoms. The van der Waals surface area contributed by atoms with Crippen LogP contribution in [0.3, 0.4) is 0 Å². The van der Waals surface area contributed by atoms with E-state index < -0.39 is 65.8 Å². The molecule has 7 aromatic rings. The van der Waals surface area contributed by atoms with Gasteiger partial charge in [-0.25, -0.2) is 46.5 Å². The number of aromatic amines is 1. The largest absolute Gasteiger partial charge is 0.497 e. The summed E-state index contributed by atoms with van der Waals surface area (Å²) in [5.41, 5.74) is 4.64. The highest BCUT2D eigenvalue weighted by molar-refractivity contribution is 7.92. The lowest BCUT2D eigenvalue weighted by Gasteiger charge is -2.38. The van der Waals surface area contributed by atoms with E-state index >= 15 is 16.8 Å². The van der Waals surface area contributed by atoms with Gasteiger partial charge in [0, 0.05) is 42.8 Å². The van der Waals surface area contributed by atoms with Crippen molar-refractivity contribution >= 4 is 54.8 Å². The SMILES string of the molecule is COc1ccc(CN(Cc2ccc(OC)cc2)S(=O)(=O)c2c(S(=O)(=O)NCCNC(=O)OC(C)(C)C)ccc(-c3cccc4[nH]c([C@H](COCc5ccccc5)N(C(=O)O)C(C)(C)C)nc34)c2C2=Nc3cc(ccc3OC)CN=NN2)cc1. The van der Waals surface area contributed by atoms with Crippen molar-refractivity contribution in [3.63, 3.8) is 0 Å². The topological polar surface area (TPSA) is 277 Å². The summed E-state index contributed by atoms with van der Waals surface area (Å²) in [5.74, 6) is 1.26. The fourth-order valence-corrected chi connectivity index (χ4v) is 12.7. The summed E-state index contributed by atoms with van der Waals surface area (Å²) in [6, 6.07) is 34.9. The molecule has 0 unspecified atom stereocenters. The van der Waals surface area contributed by atoms with E-state index in [9.17, 15) is 14.7 Å². The number of carbonyl (C=O) groups excluding carboxylic acids is 1. The van der Waals surface area contributed by atoms with Gasteiger partial charge in [0.15, 0.2) is 5.84 Å². The molecule has 1 atom stereocenters. The maximum atomic E-state index is 16.6. The average Bonchev–Trinajstić information content (AvgIpc) is 4.01. The summed E-state index contributed by atoms with van der Waals surface area (Å²) in [6.07, 6.45) is -2.03. The number of rotatable bonds is 22. The van der Waals surface area contributed by atoms with Gasteiger partial charge in [0.05, 0.1) is 52.1 Å². The highest BCUT2D eigenvalue weighted by Gasteiger charge is 2.40. The number of fused-ring (bicyclic) bond motifs is 3. The number of ether oxygens (including phenoxy) is 5. The van der Waals surface area contributed by atoms with E-state index in [4.69, 9.17) is 33.7 Å². The number of nitrogens with zero attached hydrogens (tertiary/aromatic N) is 6. The average molecular weight is 1170 g/mol. The highest BCUT2D eigenvalue weighted by Crippen LogP contribution is 2.41. The third-order valence-corrected chi connectivity index (χ3v) is 16.6. The summed E-state index contributed by atoms with van der Waals surface area (Å²) in [5, 5.41) is 22.0. The smallest absolute Gasteiger partial charge is 0.408 e. The molecule has 1 aliphatic heterocycles. The van der Waals surface area contributed by atoms with E-state index in [0.29, 0.717) is 33.7 Å². The predicted molar refractivity (Wildman–Crippen MR) is 313 cm³/mol. The van der Waals surface area contributed by atoms with Crippen molar-refractivity contribution in [2.24, 2.45) is 15.3 Å². The van der Waals surface area contributed by atoms with E-state index in [1.165, 1.54) is 38.4 Å². The molecular formula is C59H68N10O12S2. The lowest BCUT2D eigenvalue weighted by Crippen LogP contribution is -2.48. The lowest BCUT2D eigenvalue weighted by molar-refractivity contribution is 0.0116. The maximum absolute atomic E-state index is 16.6. The Morgan fingerprint density at radius 2 is 1.41 bits per heavy atom. The van der Waals surface area contributed by atoms with Crippen LogP contribution in [0.1, 0.15) is 81.2 Å². The zero-order chi connectivity index (χ0) is 59.7. The number of aromatic nitrogens is 2. The van der Waals surface area contributed by atoms with Crippen molar-refractivity contribution in [3.05, 3.63) is 161 Å². The van der Waals surface area contributed by atoms with Crippen LogP contribution in [-0.4, -0.2) is 111 Å². The zero-order valence-electron chi connectivity index (χ0n) is 47.6. The monoisotopic (exact) mass is 1170 g/mol. The Morgan fingerprint density at radius 3 is 2.01 bits per heavy atom. The van der Waals surface area contributed by atoms with Crippen LogP contribution in [0.15, 0.2) is 153 Å². The number of nitrogens with one attached hydrogen (secondary N) is 4. The molecule has 24 heteroatoms. The van der Waals surface area contributed by atoms with E-state index in [2.05, 4.69) is 30.8 Å². The number of para-hydroxylation sites is 1. The third-order valence-electron chi connectivity index (χ3n) is 13.1. The van der Waals surface area contributed by atoms with Crippen LogP contribution in [-0.2, 0) is 55.8 Å². The van der Waals surface area contributed by atoms with Crippen LogP contribution in [0, 0.1) is 0 Å². The number of carboxylic acid groups (broad SMARTS) is 1. The molecule has 2 heterocycles. The summed E-state index contributed by atoms with van der Waals surface area (Å²) in [6.45, 7) is 9.22. The van der Waals surface area contributed by atoms with Gasteiger partial charge >= 0.3 is 12.2 Å². The van der Waals surface area contributed by atoms with Crippen molar-refractivity contribution in [2.75, 3.05) is 41.0 Å². The Balaban J connectivity index is 1.42. The second kappa shape index (κ2) is 25.8. The first-order valence-corrected chi connectivity index (χ1v) is 29.3. The van der Waals surface area contributed by atoms with Gasteiger partial charge in [0.1, 0.15) is 50.2 Å². The van der Waals surface area contributed by atoms with Gasteiger partial charge in [0.2, 0.25) is 20.0 Å². The summed E-state index contributed by atoms with van der Waals surface area (Å²) in [7, 11) is -5.58. The second-order valence-corrected chi connectivity index (χ2v) is 24.9. The van der Waals surface area contributed by atoms with E-state index in [1.54, 1.807) is 126 Å². The number of aliphatic imine (C=N–C) groups is 1. The third kappa shape index (κ3) is 14.8. The van der Waals surface area contributed by atoms with Crippen LogP contribution < -0.4 is 29.7 Å². The van der Waals surface area contributed by atoms with Gasteiger partial charge in [-0.1, -0.05) is 84.1 Å². The Hall–Kier alpha value is -8.42. The molecule has 2 amide bonds. The zero-order valence-corrected chi connectivity index (χ0v) is 49.2. The molecule has 0 saturated carbocycles. The van der Waals surface area contributed by atoms with E-state index in [-0.39, 0.29) is 84.7 Å². The molecule has 1 aliphatic rings. The summed E-state index contributed by atoms with van der Waals surface area (Å²) < 4.78 is 95.7. The molecule has 0 fully saturated rings. The molecule has 0 radical (unpaired) electrons. The van der Waals surface area contributed by atoms with Crippen LogP contribution in [0.2, 0.25) is 0 Å². The molecule has 5 N–H and O–H groups in total. The number of sulfonamides is 2. The van der Waals surface area contributed by atoms with Gasteiger partial charge in [-0.05, 0) is 118 Å². The van der Waals surface area contributed by atoms with Gasteiger partial charge in [-0.3, -0.25) is 4.90 Å². The Labute approximate surface area is 483 Å². The number of carbonyl (C=O) groups is 2. The van der Waals surface area contributed by atoms with Crippen molar-refractivity contribution in [1.82, 2.24) is 34.6 Å². The number of amidine groups is 1. The molecule has 8 rings (SSSR count). The molecule has 0 aliphatic carbocycles. The number of imidazole rings is 1. The summed E-state index contributed by atoms with van der Waals surface area (Å²) in [4.78, 5) is 39.3. The number of benzene rings is 6. The number of amides is 2. The van der Waals surface area contributed by atoms with Crippen molar-refractivity contribution in [3.8, 4) is 28.4 Å². The quantitative estimate of drug-likeness (QED) is 0.0395. The van der Waals surface area contributed by atoms with Crippen molar-refractivity contribution in [2.45, 2.75) is 94.8 Å². The molecule has 22 nitrogen and oxygen atoms in total. The Kier molecular flexibility index (Phi) is 18.9. The second-order valence-electron chi connectivity index (χ2n) is 21.3. The van der Waals surface area contributed by atoms with Crippen LogP contribution >= 0.6 is 0 Å². The maximum Gasteiger partial charge on any atom is 0.408 e. The predicted octanol–water partition coefficient (Wildman–Crippen LogP) is 10.0. The van der Waals surface area contributed by atoms with Gasteiger partial charge < -0.3 is 39.1 Å². The Bertz CT molecular complexity index is 3680. The lowest BCUT2D eigenvalue weighted by atomic mass is 9.97. The number of hydrogen-bond acceptors (Lipinski definition) is 16. The standard InChI is InChI=1S/C59H68N10O12S2/c1-58(2,3)69(57(71)72)48(37-80-36-40-14-11-10-12-15-40)54-63-46-17-13-16-45(52(46)65-54)44-27-29-50(82(73,74)62-31-30-60-56(70)81-59(4,5)6)53(51(44)55-64-47-32-41(33-61-67-66-55)22-28-49(47)79-9)83(75,76)68(34-38-18-23-42(77-7)24-19-38)35-39-20-25-43(78-8)26-21-39/h10-29,32,48,62H,30-31,33-37H2,1-9H3,(H,60,70)(H,63,65)(H,71,72)(H,61,64,66)/t48-/m0/s1. The molecule has 83 heavy (non-hydrogen) atoms. The molecule has 0 spiro atoms. The van der Waals surface area contributed by atoms with Gasteiger partial charge in [-0.2, -0.15) is 9.42 Å². The van der Waals surface area contributed by atoms with Gasteiger partial charge in [-0.15, -0.1) is 0 Å². The van der Waals surface area contributed by atoms with Gasteiger partial charge in [0.25, 0.3) is 0 Å². The minimum absolute atomic E-state index is 0.0749. The highest BCUT2D eigenvalue weighted by atomic mass is 32.2. The van der Waals surface area contributed by atoms with E-state index in [1.807, 2.05) is 30.3 Å². The Morgan fingerprint density at radius 1 is 0.747 bits per heavy atom. The first-order chi connectivity index (χ1) is 39.5. The normalized spacial score (nSPS) is 13.3. The fourth-order valence-electron chi connectivity index (χ4n) is 9.29. The summed E-state index contributed by atoms with van der Waals surface area (Å²) >= 11 is 0. The van der Waals surface area contributed by atoms with Crippen molar-refractivity contribution < 1.29 is 55.2 Å². The van der Waals surface area contributed by atoms with Crippen LogP contribution in [0.25, 0.3) is 22.2 Å². The molecule has 438 valence electrons. The van der Waals surface area contributed by atoms with Crippen LogP contribution in [0.5, 0.6) is 17.2 Å². The first-order valence-electron chi connectivity index (χ1n) is 26.4. The van der Waals surface area contributed by atoms with E-state index in [0.717, 1.165) is 9.87 Å². The number of methoxy groups -OCH3 is 3. The van der Waals surface area contributed by atoms with Crippen molar-refractivity contribution in [1.29, 1.82) is 0 Å². The minimum Gasteiger partial charge on any atom is -0.497 e. The molecule has 0 saturated heterocycles. The minimum atomic E-state index is -5.14. The van der Waals surface area contributed by atoms with Crippen LogP contribution in [0.4, 0.5) is 15.3 Å². The molecule has 6 aromatic carbocycles. The molecule has 1 aromatic heterocycles. The first kappa shape index (κ1) is 60.7. The number of alkyl carbamates (subject to hydrolysis) is 1. The number of hydrogen-bond donors (Lipinski definition) is 5. The molecular weight excluding hydrogens is 1100 g/mol. The number of H-pyrrole nitrogens is 1.